The molecule has 5 rings (SSSR count). The molecule has 0 spiro atoms. The van der Waals surface area contributed by atoms with Gasteiger partial charge in [-0.05, 0) is 48.2 Å². The van der Waals surface area contributed by atoms with Crippen molar-refractivity contribution in [3.63, 3.8) is 0 Å². The van der Waals surface area contributed by atoms with E-state index in [0.717, 1.165) is 28.1 Å². The molecule has 5 nitrogen and oxygen atoms in total. The molecule has 1 saturated heterocycles. The minimum absolute atomic E-state index is 0.0762. The van der Waals surface area contributed by atoms with Gasteiger partial charge in [0.05, 0.1) is 11.1 Å². The van der Waals surface area contributed by atoms with Crippen LogP contribution in [0.2, 0.25) is 0 Å². The molecule has 0 saturated carbocycles. The number of aromatic nitrogens is 1. The van der Waals surface area contributed by atoms with E-state index in [0.29, 0.717) is 15.8 Å². The smallest absolute Gasteiger partial charge is 0.416 e. The number of rotatable bonds is 3. The first-order chi connectivity index (χ1) is 16.2. The molecule has 1 fully saturated rings. The Balaban J connectivity index is 1.75. The highest BCUT2D eigenvalue weighted by molar-refractivity contribution is 7.10. The van der Waals surface area contributed by atoms with Gasteiger partial charge < -0.3 is 10.1 Å². The summed E-state index contributed by atoms with van der Waals surface area (Å²) >= 11 is 1.26. The molecule has 0 radical (unpaired) electrons. The molecule has 172 valence electrons. The van der Waals surface area contributed by atoms with Gasteiger partial charge >= 0.3 is 6.18 Å². The number of nitrogens with zero attached hydrogens (tertiary/aromatic N) is 1. The van der Waals surface area contributed by atoms with E-state index in [2.05, 4.69) is 4.98 Å². The molecule has 1 atom stereocenters. The normalized spacial score (nSPS) is 18.2. The third-order valence-electron chi connectivity index (χ3n) is 5.89. The van der Waals surface area contributed by atoms with Crippen LogP contribution in [0.4, 0.5) is 18.9 Å². The zero-order valence-electron chi connectivity index (χ0n) is 17.7. The number of aliphatic hydroxyl groups excluding tert-OH is 1. The van der Waals surface area contributed by atoms with E-state index < -0.39 is 29.5 Å². The van der Waals surface area contributed by atoms with Gasteiger partial charge in [0.2, 0.25) is 0 Å². The Bertz CT molecular complexity index is 1480. The highest BCUT2D eigenvalue weighted by Crippen LogP contribution is 2.46. The van der Waals surface area contributed by atoms with Crippen molar-refractivity contribution in [1.82, 2.24) is 4.98 Å². The Morgan fingerprint density at radius 3 is 2.56 bits per heavy atom. The molecule has 2 N–H and O–H groups in total. The number of carbonyl (C=O) groups excluding carboxylic acids is 2. The van der Waals surface area contributed by atoms with Gasteiger partial charge in [0.25, 0.3) is 11.7 Å². The van der Waals surface area contributed by atoms with E-state index in [1.807, 2.05) is 6.07 Å². The van der Waals surface area contributed by atoms with Gasteiger partial charge in [-0.1, -0.05) is 24.3 Å². The van der Waals surface area contributed by atoms with Gasteiger partial charge in [-0.2, -0.15) is 13.2 Å². The molecule has 34 heavy (non-hydrogen) atoms. The number of aromatic amines is 1. The maximum atomic E-state index is 13.4. The first kappa shape index (κ1) is 22.0. The van der Waals surface area contributed by atoms with Crippen LogP contribution in [0.15, 0.2) is 71.7 Å². The van der Waals surface area contributed by atoms with E-state index in [-0.39, 0.29) is 17.0 Å². The van der Waals surface area contributed by atoms with Gasteiger partial charge in [-0.15, -0.1) is 11.3 Å². The van der Waals surface area contributed by atoms with Crippen molar-refractivity contribution in [1.29, 1.82) is 0 Å². The molecular weight excluding hydrogens is 465 g/mol. The summed E-state index contributed by atoms with van der Waals surface area (Å²) in [6.45, 7) is 1.78. The summed E-state index contributed by atoms with van der Waals surface area (Å²) in [7, 11) is 0. The maximum absolute atomic E-state index is 13.4. The number of thiophene rings is 1. The van der Waals surface area contributed by atoms with Gasteiger partial charge in [-0.25, -0.2) is 0 Å². The van der Waals surface area contributed by atoms with Crippen molar-refractivity contribution in [3.05, 3.63) is 93.3 Å². The third kappa shape index (κ3) is 3.40. The van der Waals surface area contributed by atoms with E-state index in [9.17, 15) is 27.9 Å². The fraction of sp³-hybridized carbons (Fsp3) is 0.120. The number of para-hydroxylation sites is 1. The Hall–Kier alpha value is -3.85. The second kappa shape index (κ2) is 7.88. The lowest BCUT2D eigenvalue weighted by molar-refractivity contribution is -0.137. The first-order valence-electron chi connectivity index (χ1n) is 10.3. The highest BCUT2D eigenvalue weighted by atomic mass is 32.1. The van der Waals surface area contributed by atoms with Crippen molar-refractivity contribution in [3.8, 4) is 0 Å². The zero-order valence-corrected chi connectivity index (χ0v) is 18.5. The van der Waals surface area contributed by atoms with Crippen molar-refractivity contribution in [2.24, 2.45) is 0 Å². The number of nitrogens with one attached hydrogen (secondary N) is 1. The largest absolute Gasteiger partial charge is 0.507 e. The number of hydrogen-bond acceptors (Lipinski definition) is 4. The number of ketones is 1. The number of fused-ring (bicyclic) bond motifs is 1. The summed E-state index contributed by atoms with van der Waals surface area (Å²) < 4.78 is 40.1. The van der Waals surface area contributed by atoms with Crippen molar-refractivity contribution in [2.75, 3.05) is 4.90 Å². The summed E-state index contributed by atoms with van der Waals surface area (Å²) in [5.74, 6) is -2.35. The SMILES string of the molecule is Cc1ccsc1C1/C(=C(\O)c2c[nH]c3ccccc23)C(=O)C(=O)N1c1cccc(C(F)(F)F)c1. The van der Waals surface area contributed by atoms with Crippen LogP contribution in [-0.2, 0) is 15.8 Å². The molecule has 0 bridgehead atoms. The molecule has 9 heteroatoms. The van der Waals surface area contributed by atoms with Crippen LogP contribution in [0, 0.1) is 6.92 Å². The fourth-order valence-electron chi connectivity index (χ4n) is 4.26. The van der Waals surface area contributed by atoms with Crippen molar-refractivity contribution < 1.29 is 27.9 Å². The molecular formula is C25H17F3N2O3S. The number of Topliss-reactive ketones (excluding diaryl/α,β-unsaturated/α-hetero) is 1. The summed E-state index contributed by atoms with van der Waals surface area (Å²) in [5, 5.41) is 13.7. The van der Waals surface area contributed by atoms with Crippen LogP contribution < -0.4 is 4.90 Å². The lowest BCUT2D eigenvalue weighted by Crippen LogP contribution is -2.29. The fourth-order valence-corrected chi connectivity index (χ4v) is 5.28. The van der Waals surface area contributed by atoms with Gasteiger partial charge in [0.15, 0.2) is 0 Å². The third-order valence-corrected chi connectivity index (χ3v) is 6.96. The highest BCUT2D eigenvalue weighted by Gasteiger charge is 2.48. The Kier molecular flexibility index (Phi) is 5.09. The van der Waals surface area contributed by atoms with E-state index in [4.69, 9.17) is 0 Å². The molecule has 2 aromatic carbocycles. The summed E-state index contributed by atoms with van der Waals surface area (Å²) in [6.07, 6.45) is -3.09. The molecule has 1 aliphatic rings. The number of halogens is 3. The van der Waals surface area contributed by atoms with Crippen molar-refractivity contribution >= 4 is 45.4 Å². The average molecular weight is 482 g/mol. The number of aliphatic hydroxyl groups is 1. The number of amides is 1. The quantitative estimate of drug-likeness (QED) is 0.208. The van der Waals surface area contributed by atoms with Gasteiger partial charge in [0.1, 0.15) is 11.8 Å². The summed E-state index contributed by atoms with van der Waals surface area (Å²) in [6, 6.07) is 12.1. The molecule has 1 amide bonds. The zero-order chi connectivity index (χ0) is 24.2. The van der Waals surface area contributed by atoms with Gasteiger partial charge in [-0.3, -0.25) is 14.5 Å². The number of benzene rings is 2. The van der Waals surface area contributed by atoms with E-state index in [1.54, 1.807) is 36.6 Å². The molecule has 0 aliphatic carbocycles. The number of H-pyrrole nitrogens is 1. The molecule has 1 unspecified atom stereocenters. The van der Waals surface area contributed by atoms with Crippen LogP contribution in [-0.4, -0.2) is 21.8 Å². The van der Waals surface area contributed by atoms with Crippen LogP contribution in [0.5, 0.6) is 0 Å². The monoisotopic (exact) mass is 482 g/mol. The number of hydrogen-bond donors (Lipinski definition) is 2. The lowest BCUT2D eigenvalue weighted by Gasteiger charge is -2.25. The van der Waals surface area contributed by atoms with Crippen LogP contribution in [0.1, 0.15) is 27.6 Å². The Morgan fingerprint density at radius 2 is 1.85 bits per heavy atom. The standard InChI is InChI=1S/C25H17F3N2O3S/c1-13-9-10-34-23(13)20-19(21(31)17-12-29-18-8-3-2-7-16(17)18)22(32)24(33)30(20)15-6-4-5-14(11-15)25(26,27)28/h2-12,20,29,31H,1H3/b21-19+. The molecule has 4 aromatic rings. The number of alkyl halides is 3. The van der Waals surface area contributed by atoms with Crippen LogP contribution in [0.3, 0.4) is 0 Å². The number of anilines is 1. The molecule has 2 aromatic heterocycles. The number of aryl methyl sites for hydroxylation is 1. The number of carbonyl (C=O) groups is 2. The Morgan fingerprint density at radius 1 is 1.09 bits per heavy atom. The summed E-state index contributed by atoms with van der Waals surface area (Å²) in [5.41, 5.74) is 0.617. The van der Waals surface area contributed by atoms with Crippen LogP contribution in [0.25, 0.3) is 16.7 Å². The predicted molar refractivity (Wildman–Crippen MR) is 124 cm³/mol. The average Bonchev–Trinajstić information content (AvgIpc) is 3.49. The van der Waals surface area contributed by atoms with Gasteiger partial charge in [0, 0.05) is 33.2 Å². The van der Waals surface area contributed by atoms with E-state index >= 15 is 0 Å². The van der Waals surface area contributed by atoms with Crippen molar-refractivity contribution in [2.45, 2.75) is 19.1 Å². The predicted octanol–water partition coefficient (Wildman–Crippen LogP) is 6.18. The Labute approximate surface area is 195 Å². The maximum Gasteiger partial charge on any atom is 0.416 e. The topological polar surface area (TPSA) is 73.4 Å². The minimum atomic E-state index is -4.62. The second-order valence-electron chi connectivity index (χ2n) is 7.93. The lowest BCUT2D eigenvalue weighted by atomic mass is 9.98. The molecule has 3 heterocycles. The minimum Gasteiger partial charge on any atom is -0.507 e. The van der Waals surface area contributed by atoms with Crippen LogP contribution >= 0.6 is 11.3 Å². The van der Waals surface area contributed by atoms with E-state index in [1.165, 1.54) is 29.7 Å². The summed E-state index contributed by atoms with van der Waals surface area (Å²) in [4.78, 5) is 31.0. The molecule has 1 aliphatic heterocycles. The first-order valence-corrected chi connectivity index (χ1v) is 11.1. The second-order valence-corrected chi connectivity index (χ2v) is 8.88.